The first-order chi connectivity index (χ1) is 9.58. The maximum Gasteiger partial charge on any atom is 0.218 e. The van der Waals surface area contributed by atoms with Gasteiger partial charge in [0, 0.05) is 18.3 Å². The van der Waals surface area contributed by atoms with Gasteiger partial charge in [-0.3, -0.25) is 0 Å². The molecule has 0 saturated heterocycles. The Morgan fingerprint density at radius 2 is 2.10 bits per heavy atom. The molecule has 2 aromatic rings. The third kappa shape index (κ3) is 3.54. The number of aromatic nitrogens is 1. The number of ether oxygens (including phenoxy) is 1. The van der Waals surface area contributed by atoms with Gasteiger partial charge in [0.1, 0.15) is 0 Å². The largest absolute Gasteiger partial charge is 0.475 e. The van der Waals surface area contributed by atoms with Gasteiger partial charge in [-0.15, -0.1) is 0 Å². The lowest BCUT2D eigenvalue weighted by Gasteiger charge is -2.15. The van der Waals surface area contributed by atoms with Gasteiger partial charge in [-0.2, -0.15) is 0 Å². The molecule has 0 fully saturated rings. The molecule has 0 atom stereocenters. The van der Waals surface area contributed by atoms with E-state index in [9.17, 15) is 0 Å². The molecule has 106 valence electrons. The molecule has 0 unspecified atom stereocenters. The summed E-state index contributed by atoms with van der Waals surface area (Å²) in [5.41, 5.74) is 8.22. The van der Waals surface area contributed by atoms with Gasteiger partial charge in [-0.05, 0) is 32.0 Å². The summed E-state index contributed by atoms with van der Waals surface area (Å²) in [7, 11) is 0. The van der Waals surface area contributed by atoms with Crippen molar-refractivity contribution in [3.63, 3.8) is 0 Å². The van der Waals surface area contributed by atoms with Crippen molar-refractivity contribution in [3.05, 3.63) is 47.1 Å². The summed E-state index contributed by atoms with van der Waals surface area (Å²) in [5.74, 6) is 0.626. The molecule has 20 heavy (non-hydrogen) atoms. The average molecular weight is 292 g/mol. The molecule has 0 aliphatic carbocycles. The zero-order valence-corrected chi connectivity index (χ0v) is 12.3. The maximum absolute atomic E-state index is 6.13. The molecule has 1 heterocycles. The van der Waals surface area contributed by atoms with Gasteiger partial charge in [0.15, 0.2) is 0 Å². The van der Waals surface area contributed by atoms with Crippen molar-refractivity contribution < 1.29 is 4.74 Å². The van der Waals surface area contributed by atoms with E-state index in [1.54, 1.807) is 12.3 Å². The van der Waals surface area contributed by atoms with Crippen LogP contribution in [0.2, 0.25) is 5.02 Å². The number of anilines is 2. The maximum atomic E-state index is 6.13. The molecule has 0 bridgehead atoms. The predicted molar refractivity (Wildman–Crippen MR) is 83.2 cm³/mol. The number of nitrogen functional groups attached to an aromatic ring is 1. The SMILES string of the molecule is CC(C)Oc1ncccc1CNc1c(N)cccc1Cl. The van der Waals surface area contributed by atoms with Crippen LogP contribution in [0.3, 0.4) is 0 Å². The van der Waals surface area contributed by atoms with Gasteiger partial charge >= 0.3 is 0 Å². The van der Waals surface area contributed by atoms with Gasteiger partial charge in [0.25, 0.3) is 0 Å². The second-order valence-corrected chi connectivity index (χ2v) is 5.10. The molecule has 0 spiro atoms. The molecule has 0 saturated carbocycles. The van der Waals surface area contributed by atoms with E-state index in [1.807, 2.05) is 38.1 Å². The summed E-state index contributed by atoms with van der Waals surface area (Å²) >= 11 is 6.13. The van der Waals surface area contributed by atoms with Crippen molar-refractivity contribution in [2.75, 3.05) is 11.1 Å². The topological polar surface area (TPSA) is 60.2 Å². The number of nitrogens with one attached hydrogen (secondary N) is 1. The standard InChI is InChI=1S/C15H18ClN3O/c1-10(2)20-15-11(5-4-8-18-15)9-19-14-12(16)6-3-7-13(14)17/h3-8,10,19H,9,17H2,1-2H3. The molecule has 1 aromatic heterocycles. The van der Waals surface area contributed by atoms with Gasteiger partial charge in [-0.1, -0.05) is 23.7 Å². The van der Waals surface area contributed by atoms with Gasteiger partial charge in [0.05, 0.1) is 22.5 Å². The number of pyridine rings is 1. The van der Waals surface area contributed by atoms with E-state index < -0.39 is 0 Å². The Morgan fingerprint density at radius 1 is 1.30 bits per heavy atom. The van der Waals surface area contributed by atoms with E-state index in [0.29, 0.717) is 23.1 Å². The number of rotatable bonds is 5. The van der Waals surface area contributed by atoms with E-state index in [0.717, 1.165) is 11.3 Å². The molecule has 0 radical (unpaired) electrons. The summed E-state index contributed by atoms with van der Waals surface area (Å²) in [6.07, 6.45) is 1.79. The molecule has 4 nitrogen and oxygen atoms in total. The highest BCUT2D eigenvalue weighted by Gasteiger charge is 2.09. The molecule has 0 aliphatic rings. The highest BCUT2D eigenvalue weighted by atomic mass is 35.5. The van der Waals surface area contributed by atoms with Gasteiger partial charge in [0.2, 0.25) is 5.88 Å². The van der Waals surface area contributed by atoms with Crippen LogP contribution in [0.15, 0.2) is 36.5 Å². The van der Waals surface area contributed by atoms with Crippen LogP contribution >= 0.6 is 11.6 Å². The fourth-order valence-corrected chi connectivity index (χ4v) is 2.05. The second kappa shape index (κ2) is 6.48. The minimum absolute atomic E-state index is 0.0778. The first-order valence-electron chi connectivity index (χ1n) is 6.46. The van der Waals surface area contributed by atoms with Crippen molar-refractivity contribution in [2.45, 2.75) is 26.5 Å². The van der Waals surface area contributed by atoms with Crippen molar-refractivity contribution in [2.24, 2.45) is 0 Å². The van der Waals surface area contributed by atoms with Crippen LogP contribution in [-0.2, 0) is 6.54 Å². The fourth-order valence-electron chi connectivity index (χ4n) is 1.80. The minimum Gasteiger partial charge on any atom is -0.475 e. The molecular weight excluding hydrogens is 274 g/mol. The zero-order valence-electron chi connectivity index (χ0n) is 11.6. The normalized spacial score (nSPS) is 10.6. The van der Waals surface area contributed by atoms with Crippen LogP contribution in [0.25, 0.3) is 0 Å². The lowest BCUT2D eigenvalue weighted by molar-refractivity contribution is 0.230. The Kier molecular flexibility index (Phi) is 4.69. The lowest BCUT2D eigenvalue weighted by atomic mass is 10.2. The highest BCUT2D eigenvalue weighted by molar-refractivity contribution is 6.33. The number of nitrogens with two attached hydrogens (primary N) is 1. The summed E-state index contributed by atoms with van der Waals surface area (Å²) in [5, 5.41) is 3.83. The van der Waals surface area contributed by atoms with E-state index in [4.69, 9.17) is 22.1 Å². The van der Waals surface area contributed by atoms with Crippen LogP contribution in [0, 0.1) is 0 Å². The molecule has 0 amide bonds. The first kappa shape index (κ1) is 14.5. The number of nitrogens with zero attached hydrogens (tertiary/aromatic N) is 1. The third-order valence-corrected chi connectivity index (χ3v) is 3.01. The first-order valence-corrected chi connectivity index (χ1v) is 6.84. The van der Waals surface area contributed by atoms with Crippen LogP contribution in [0.4, 0.5) is 11.4 Å². The van der Waals surface area contributed by atoms with Crippen molar-refractivity contribution >= 4 is 23.0 Å². The third-order valence-electron chi connectivity index (χ3n) is 2.70. The van der Waals surface area contributed by atoms with E-state index in [2.05, 4.69) is 10.3 Å². The van der Waals surface area contributed by atoms with E-state index in [-0.39, 0.29) is 6.10 Å². The fraction of sp³-hybridized carbons (Fsp3) is 0.267. The Hall–Kier alpha value is -1.94. The number of benzene rings is 1. The summed E-state index contributed by atoms with van der Waals surface area (Å²) < 4.78 is 5.68. The number of para-hydroxylation sites is 1. The Morgan fingerprint density at radius 3 is 2.80 bits per heavy atom. The van der Waals surface area contributed by atoms with Crippen molar-refractivity contribution in [1.29, 1.82) is 0 Å². The summed E-state index contributed by atoms with van der Waals surface area (Å²) in [6.45, 7) is 4.49. The number of hydrogen-bond donors (Lipinski definition) is 2. The van der Waals surface area contributed by atoms with Gasteiger partial charge in [-0.25, -0.2) is 4.98 Å². The molecular formula is C15H18ClN3O. The van der Waals surface area contributed by atoms with E-state index in [1.165, 1.54) is 0 Å². The quantitative estimate of drug-likeness (QED) is 0.824. The smallest absolute Gasteiger partial charge is 0.218 e. The zero-order chi connectivity index (χ0) is 14.5. The lowest BCUT2D eigenvalue weighted by Crippen LogP contribution is -2.11. The van der Waals surface area contributed by atoms with Crippen molar-refractivity contribution in [1.82, 2.24) is 4.98 Å². The molecule has 3 N–H and O–H groups in total. The van der Waals surface area contributed by atoms with Gasteiger partial charge < -0.3 is 15.8 Å². The molecule has 5 heteroatoms. The van der Waals surface area contributed by atoms with Crippen LogP contribution in [0.5, 0.6) is 5.88 Å². The Labute approximate surface area is 123 Å². The van der Waals surface area contributed by atoms with Crippen molar-refractivity contribution in [3.8, 4) is 5.88 Å². The Bertz CT molecular complexity index is 567. The predicted octanol–water partition coefficient (Wildman–Crippen LogP) is 3.72. The molecule has 1 aromatic carbocycles. The monoisotopic (exact) mass is 291 g/mol. The van der Waals surface area contributed by atoms with Crippen LogP contribution in [-0.4, -0.2) is 11.1 Å². The number of hydrogen-bond acceptors (Lipinski definition) is 4. The summed E-state index contributed by atoms with van der Waals surface area (Å²) in [4.78, 5) is 4.25. The summed E-state index contributed by atoms with van der Waals surface area (Å²) in [6, 6.07) is 9.27. The number of halogens is 1. The highest BCUT2D eigenvalue weighted by Crippen LogP contribution is 2.29. The second-order valence-electron chi connectivity index (χ2n) is 4.69. The minimum atomic E-state index is 0.0778. The molecule has 0 aliphatic heterocycles. The molecule has 2 rings (SSSR count). The van der Waals surface area contributed by atoms with Crippen LogP contribution in [0.1, 0.15) is 19.4 Å². The Balaban J connectivity index is 2.15. The van der Waals surface area contributed by atoms with E-state index >= 15 is 0 Å². The average Bonchev–Trinajstić information content (AvgIpc) is 2.39. The van der Waals surface area contributed by atoms with Crippen LogP contribution < -0.4 is 15.8 Å².